The normalized spacial score (nSPS) is 27.0. The number of hydrogen-bond donors (Lipinski definition) is 1. The Hall–Kier alpha value is -0.870. The molecule has 4 heteroatoms. The quantitative estimate of drug-likeness (QED) is 0.909. The molecule has 0 saturated carbocycles. The van der Waals surface area contributed by atoms with E-state index in [-0.39, 0.29) is 0 Å². The van der Waals surface area contributed by atoms with Crippen LogP contribution in [0.2, 0.25) is 0 Å². The summed E-state index contributed by atoms with van der Waals surface area (Å²) in [7, 11) is 0. The minimum atomic E-state index is -0.632. The molecule has 1 saturated heterocycles. The van der Waals surface area contributed by atoms with Crippen molar-refractivity contribution in [3.63, 3.8) is 0 Å². The lowest BCUT2D eigenvalue weighted by Crippen LogP contribution is -2.48. The van der Waals surface area contributed by atoms with Gasteiger partial charge in [-0.05, 0) is 55.1 Å². The largest absolute Gasteiger partial charge is 0.481 e. The van der Waals surface area contributed by atoms with Crippen LogP contribution in [0.25, 0.3) is 0 Å². The van der Waals surface area contributed by atoms with Crippen molar-refractivity contribution in [2.75, 3.05) is 13.1 Å². The van der Waals surface area contributed by atoms with Gasteiger partial charge in [0.15, 0.2) is 0 Å². The number of aliphatic carboxylic acids is 1. The summed E-state index contributed by atoms with van der Waals surface area (Å²) in [6, 6.07) is 2.46. The third-order valence-corrected chi connectivity index (χ3v) is 5.01. The highest BCUT2D eigenvalue weighted by molar-refractivity contribution is 7.07. The van der Waals surface area contributed by atoms with E-state index in [0.717, 1.165) is 25.8 Å². The molecule has 3 nitrogen and oxygen atoms in total. The summed E-state index contributed by atoms with van der Waals surface area (Å²) >= 11 is 1.70. The lowest BCUT2D eigenvalue weighted by Gasteiger charge is -2.42. The zero-order chi connectivity index (χ0) is 13.2. The molecule has 0 amide bonds. The smallest absolute Gasteiger partial charge is 0.310 e. The highest BCUT2D eigenvalue weighted by atomic mass is 32.1. The fraction of sp³-hybridized carbons (Fsp3) is 0.643. The number of carboxylic acids is 1. The Morgan fingerprint density at radius 3 is 3.00 bits per heavy atom. The zero-order valence-corrected chi connectivity index (χ0v) is 11.9. The average Bonchev–Trinajstić information content (AvgIpc) is 2.91. The number of rotatable bonds is 4. The van der Waals surface area contributed by atoms with E-state index in [1.165, 1.54) is 5.56 Å². The van der Waals surface area contributed by atoms with Gasteiger partial charge in [-0.3, -0.25) is 9.69 Å². The predicted octanol–water partition coefficient (Wildman–Crippen LogP) is 3.39. The SMILES string of the molecule is CCC1(C(=O)O)CCCN(C(C)c2ccsc2)C1. The first-order valence-electron chi connectivity index (χ1n) is 6.58. The van der Waals surface area contributed by atoms with E-state index < -0.39 is 11.4 Å². The maximum Gasteiger partial charge on any atom is 0.310 e. The van der Waals surface area contributed by atoms with E-state index >= 15 is 0 Å². The van der Waals surface area contributed by atoms with Crippen LogP contribution in [-0.4, -0.2) is 29.1 Å². The van der Waals surface area contributed by atoms with Crippen LogP contribution >= 0.6 is 11.3 Å². The standard InChI is InChI=1S/C14H21NO2S/c1-3-14(13(16)17)6-4-7-15(10-14)11(2)12-5-8-18-9-12/h5,8-9,11H,3-4,6-7,10H2,1-2H3,(H,16,17). The van der Waals surface area contributed by atoms with Gasteiger partial charge in [0.25, 0.3) is 0 Å². The lowest BCUT2D eigenvalue weighted by atomic mass is 9.77. The van der Waals surface area contributed by atoms with E-state index in [1.54, 1.807) is 11.3 Å². The van der Waals surface area contributed by atoms with Crippen LogP contribution < -0.4 is 0 Å². The van der Waals surface area contributed by atoms with E-state index in [9.17, 15) is 9.90 Å². The van der Waals surface area contributed by atoms with Crippen molar-refractivity contribution >= 4 is 17.3 Å². The van der Waals surface area contributed by atoms with Crippen LogP contribution in [0.15, 0.2) is 16.8 Å². The second kappa shape index (κ2) is 5.41. The van der Waals surface area contributed by atoms with E-state index in [2.05, 4.69) is 28.7 Å². The molecule has 1 N–H and O–H groups in total. The van der Waals surface area contributed by atoms with Crippen LogP contribution in [-0.2, 0) is 4.79 Å². The molecule has 2 heterocycles. The van der Waals surface area contributed by atoms with Gasteiger partial charge in [-0.1, -0.05) is 6.92 Å². The number of thiophene rings is 1. The maximum absolute atomic E-state index is 11.5. The molecule has 1 aliphatic rings. The Balaban J connectivity index is 2.13. The van der Waals surface area contributed by atoms with Gasteiger partial charge in [0.1, 0.15) is 0 Å². The van der Waals surface area contributed by atoms with Gasteiger partial charge in [0, 0.05) is 12.6 Å². The summed E-state index contributed by atoms with van der Waals surface area (Å²) < 4.78 is 0. The third-order valence-electron chi connectivity index (χ3n) is 4.31. The molecule has 1 aliphatic heterocycles. The van der Waals surface area contributed by atoms with Crippen molar-refractivity contribution in [1.82, 2.24) is 4.90 Å². The molecule has 0 aromatic carbocycles. The molecule has 0 spiro atoms. The van der Waals surface area contributed by atoms with Gasteiger partial charge < -0.3 is 5.11 Å². The number of piperidine rings is 1. The summed E-state index contributed by atoms with van der Waals surface area (Å²) in [6.45, 7) is 5.85. The van der Waals surface area contributed by atoms with Crippen LogP contribution in [0.1, 0.15) is 44.7 Å². The molecule has 1 fully saturated rings. The first-order chi connectivity index (χ1) is 8.59. The third kappa shape index (κ3) is 2.45. The maximum atomic E-state index is 11.5. The number of likely N-dealkylation sites (tertiary alicyclic amines) is 1. The van der Waals surface area contributed by atoms with Gasteiger partial charge >= 0.3 is 5.97 Å². The number of hydrogen-bond acceptors (Lipinski definition) is 3. The fourth-order valence-electron chi connectivity index (χ4n) is 2.84. The molecule has 2 atom stereocenters. The van der Waals surface area contributed by atoms with Crippen LogP contribution in [0.3, 0.4) is 0 Å². The summed E-state index contributed by atoms with van der Waals surface area (Å²) in [5.74, 6) is -0.632. The molecular weight excluding hydrogens is 246 g/mol. The Morgan fingerprint density at radius 2 is 2.44 bits per heavy atom. The second-order valence-electron chi connectivity index (χ2n) is 5.25. The first kappa shape index (κ1) is 13.6. The van der Waals surface area contributed by atoms with Crippen molar-refractivity contribution in [1.29, 1.82) is 0 Å². The average molecular weight is 267 g/mol. The van der Waals surface area contributed by atoms with Crippen molar-refractivity contribution < 1.29 is 9.90 Å². The van der Waals surface area contributed by atoms with Crippen LogP contribution in [0.5, 0.6) is 0 Å². The topological polar surface area (TPSA) is 40.5 Å². The van der Waals surface area contributed by atoms with Gasteiger partial charge in [0.2, 0.25) is 0 Å². The van der Waals surface area contributed by atoms with Crippen LogP contribution in [0.4, 0.5) is 0 Å². The minimum Gasteiger partial charge on any atom is -0.481 e. The van der Waals surface area contributed by atoms with Crippen molar-refractivity contribution in [2.45, 2.75) is 39.2 Å². The van der Waals surface area contributed by atoms with Crippen molar-refractivity contribution in [2.24, 2.45) is 5.41 Å². The first-order valence-corrected chi connectivity index (χ1v) is 7.53. The van der Waals surface area contributed by atoms with Gasteiger partial charge in [-0.25, -0.2) is 0 Å². The molecule has 2 rings (SSSR count). The predicted molar refractivity (Wildman–Crippen MR) is 73.9 cm³/mol. The molecule has 1 aromatic heterocycles. The molecular formula is C14H21NO2S. The number of nitrogens with zero attached hydrogens (tertiary/aromatic N) is 1. The van der Waals surface area contributed by atoms with Crippen molar-refractivity contribution in [3.05, 3.63) is 22.4 Å². The van der Waals surface area contributed by atoms with Gasteiger partial charge in [-0.15, -0.1) is 0 Å². The lowest BCUT2D eigenvalue weighted by molar-refractivity contribution is -0.153. The van der Waals surface area contributed by atoms with Gasteiger partial charge in [-0.2, -0.15) is 11.3 Å². The summed E-state index contributed by atoms with van der Waals surface area (Å²) in [5.41, 5.74) is 0.764. The Kier molecular flexibility index (Phi) is 4.07. The summed E-state index contributed by atoms with van der Waals surface area (Å²) in [5, 5.41) is 13.7. The molecule has 100 valence electrons. The molecule has 2 unspecified atom stereocenters. The van der Waals surface area contributed by atoms with E-state index in [4.69, 9.17) is 0 Å². The zero-order valence-electron chi connectivity index (χ0n) is 11.1. The molecule has 1 aromatic rings. The molecule has 0 aliphatic carbocycles. The monoisotopic (exact) mass is 267 g/mol. The van der Waals surface area contributed by atoms with Gasteiger partial charge in [0.05, 0.1) is 5.41 Å². The summed E-state index contributed by atoms with van der Waals surface area (Å²) in [6.07, 6.45) is 2.51. The van der Waals surface area contributed by atoms with E-state index in [0.29, 0.717) is 12.6 Å². The van der Waals surface area contributed by atoms with Crippen LogP contribution in [0, 0.1) is 5.41 Å². The highest BCUT2D eigenvalue weighted by Crippen LogP contribution is 2.37. The molecule has 0 bridgehead atoms. The molecule has 0 radical (unpaired) electrons. The second-order valence-corrected chi connectivity index (χ2v) is 6.03. The van der Waals surface area contributed by atoms with E-state index in [1.807, 2.05) is 6.92 Å². The Labute approximate surface area is 112 Å². The highest BCUT2D eigenvalue weighted by Gasteiger charge is 2.41. The molecule has 18 heavy (non-hydrogen) atoms. The minimum absolute atomic E-state index is 0.321. The Bertz CT molecular complexity index is 404. The number of carboxylic acid groups (broad SMARTS) is 1. The number of carbonyl (C=O) groups is 1. The fourth-order valence-corrected chi connectivity index (χ4v) is 3.58. The summed E-state index contributed by atoms with van der Waals surface area (Å²) in [4.78, 5) is 13.9. The Morgan fingerprint density at radius 1 is 1.67 bits per heavy atom. The van der Waals surface area contributed by atoms with Crippen molar-refractivity contribution in [3.8, 4) is 0 Å².